The number of nitrogens with zero attached hydrogens (tertiary/aromatic N) is 1. The summed E-state index contributed by atoms with van der Waals surface area (Å²) >= 11 is 1.09. The smallest absolute Gasteiger partial charge is 0.356 e. The van der Waals surface area contributed by atoms with E-state index in [1.54, 1.807) is 0 Å². The third-order valence-corrected chi connectivity index (χ3v) is 4.23. The Morgan fingerprint density at radius 3 is 2.53 bits per heavy atom. The zero-order valence-corrected chi connectivity index (χ0v) is 11.7. The fourth-order valence-electron chi connectivity index (χ4n) is 1.96. The molecule has 1 aliphatic heterocycles. The van der Waals surface area contributed by atoms with E-state index in [1.807, 2.05) is 6.92 Å². The second kappa shape index (κ2) is 5.26. The number of anilines is 1. The van der Waals surface area contributed by atoms with Crippen molar-refractivity contribution in [2.24, 2.45) is 0 Å². The largest absolute Gasteiger partial charge is 0.476 e. The minimum absolute atomic E-state index is 0.167. The molecule has 0 saturated carbocycles. The number of Topliss-reactive ketones (excluding diaryl/α,β-unsaturated/α-hetero) is 1. The summed E-state index contributed by atoms with van der Waals surface area (Å²) in [6, 6.07) is 0. The monoisotopic (exact) mass is 284 g/mol. The van der Waals surface area contributed by atoms with Crippen molar-refractivity contribution in [2.75, 3.05) is 18.5 Å². The van der Waals surface area contributed by atoms with Gasteiger partial charge in [0.15, 0.2) is 16.6 Å². The highest BCUT2D eigenvalue weighted by molar-refractivity contribution is 7.17. The maximum Gasteiger partial charge on any atom is 0.356 e. The highest BCUT2D eigenvalue weighted by Crippen LogP contribution is 2.30. The van der Waals surface area contributed by atoms with Crippen LogP contribution in [0.4, 0.5) is 5.13 Å². The first kappa shape index (κ1) is 14.0. The summed E-state index contributed by atoms with van der Waals surface area (Å²) in [5.41, 5.74) is -0.337. The van der Waals surface area contributed by atoms with Gasteiger partial charge in [0, 0.05) is 25.7 Å². The molecule has 0 radical (unpaired) electrons. The van der Waals surface area contributed by atoms with Gasteiger partial charge in [0.05, 0.1) is 0 Å². The molecule has 6 nitrogen and oxygen atoms in total. The topological polar surface area (TPSA) is 88.5 Å². The van der Waals surface area contributed by atoms with E-state index in [4.69, 9.17) is 9.84 Å². The molecule has 0 amide bonds. The second-order valence-corrected chi connectivity index (χ2v) is 5.86. The minimum atomic E-state index is -1.17. The molecule has 1 fully saturated rings. The van der Waals surface area contributed by atoms with Crippen LogP contribution in [0.1, 0.15) is 46.8 Å². The van der Waals surface area contributed by atoms with Gasteiger partial charge in [-0.25, -0.2) is 9.78 Å². The number of carboxylic acids is 1. The van der Waals surface area contributed by atoms with E-state index in [-0.39, 0.29) is 21.9 Å². The van der Waals surface area contributed by atoms with Crippen LogP contribution in [0.25, 0.3) is 0 Å². The molecule has 2 heterocycles. The number of nitrogens with one attached hydrogen (secondary N) is 1. The maximum absolute atomic E-state index is 11.4. The standard InChI is InChI=1S/C12H16N2O4S/c1-7(15)9-8(10(16)17)13-11(19-9)14-12(2)3-5-18-6-4-12/h3-6H2,1-2H3,(H,13,14)(H,16,17). The molecule has 1 aliphatic rings. The number of aromatic carboxylic acids is 1. The Hall–Kier alpha value is -1.47. The SMILES string of the molecule is CC(=O)c1sc(NC2(C)CCOCC2)nc1C(=O)O. The highest BCUT2D eigenvalue weighted by atomic mass is 32.1. The Labute approximate surface area is 114 Å². The van der Waals surface area contributed by atoms with Crippen LogP contribution in [0.2, 0.25) is 0 Å². The van der Waals surface area contributed by atoms with Gasteiger partial charge in [-0.15, -0.1) is 0 Å². The molecule has 1 saturated heterocycles. The predicted molar refractivity (Wildman–Crippen MR) is 71.2 cm³/mol. The summed E-state index contributed by atoms with van der Waals surface area (Å²) in [5, 5.41) is 12.8. The lowest BCUT2D eigenvalue weighted by molar-refractivity contribution is 0.0655. The maximum atomic E-state index is 11.4. The van der Waals surface area contributed by atoms with Crippen LogP contribution in [0.3, 0.4) is 0 Å². The van der Waals surface area contributed by atoms with Crippen molar-refractivity contribution in [2.45, 2.75) is 32.2 Å². The van der Waals surface area contributed by atoms with Crippen molar-refractivity contribution in [3.05, 3.63) is 10.6 Å². The van der Waals surface area contributed by atoms with E-state index in [0.29, 0.717) is 18.3 Å². The quantitative estimate of drug-likeness (QED) is 0.822. The Morgan fingerprint density at radius 2 is 2.05 bits per heavy atom. The van der Waals surface area contributed by atoms with Crippen LogP contribution in [-0.4, -0.2) is 40.6 Å². The fraction of sp³-hybridized carbons (Fsp3) is 0.583. The highest BCUT2D eigenvalue weighted by Gasteiger charge is 2.29. The Bertz CT molecular complexity index is 474. The molecule has 0 atom stereocenters. The lowest BCUT2D eigenvalue weighted by Gasteiger charge is -2.34. The first-order valence-corrected chi connectivity index (χ1v) is 6.84. The van der Waals surface area contributed by atoms with Gasteiger partial charge >= 0.3 is 5.97 Å². The number of carbonyl (C=O) groups is 2. The van der Waals surface area contributed by atoms with E-state index in [9.17, 15) is 9.59 Å². The van der Waals surface area contributed by atoms with E-state index in [2.05, 4.69) is 10.3 Å². The molecule has 2 N–H and O–H groups in total. The van der Waals surface area contributed by atoms with Crippen LogP contribution in [0, 0.1) is 0 Å². The zero-order valence-electron chi connectivity index (χ0n) is 10.9. The molecule has 0 aromatic carbocycles. The average Bonchev–Trinajstić information content (AvgIpc) is 2.73. The molecule has 0 spiro atoms. The molecule has 2 rings (SSSR count). The molecule has 104 valence electrons. The summed E-state index contributed by atoms with van der Waals surface area (Å²) < 4.78 is 5.30. The van der Waals surface area contributed by atoms with Crippen molar-refractivity contribution in [3.63, 3.8) is 0 Å². The van der Waals surface area contributed by atoms with E-state index in [0.717, 1.165) is 24.2 Å². The van der Waals surface area contributed by atoms with Crippen molar-refractivity contribution in [3.8, 4) is 0 Å². The zero-order chi connectivity index (χ0) is 14.0. The predicted octanol–water partition coefficient (Wildman–Crippen LogP) is 2.02. The second-order valence-electron chi connectivity index (χ2n) is 4.86. The lowest BCUT2D eigenvalue weighted by atomic mass is 9.93. The summed E-state index contributed by atoms with van der Waals surface area (Å²) in [7, 11) is 0. The molecular weight excluding hydrogens is 268 g/mol. The third-order valence-electron chi connectivity index (χ3n) is 3.15. The third kappa shape index (κ3) is 3.10. The lowest BCUT2D eigenvalue weighted by Crippen LogP contribution is -2.40. The number of rotatable bonds is 4. The Balaban J connectivity index is 2.23. The summed E-state index contributed by atoms with van der Waals surface area (Å²) in [6.07, 6.45) is 1.65. The average molecular weight is 284 g/mol. The van der Waals surface area contributed by atoms with E-state index in [1.165, 1.54) is 6.92 Å². The van der Waals surface area contributed by atoms with Gasteiger partial charge in [-0.3, -0.25) is 4.79 Å². The van der Waals surface area contributed by atoms with Gasteiger partial charge in [0.25, 0.3) is 0 Å². The van der Waals surface area contributed by atoms with Crippen molar-refractivity contribution in [1.29, 1.82) is 0 Å². The van der Waals surface area contributed by atoms with Crippen molar-refractivity contribution < 1.29 is 19.4 Å². The van der Waals surface area contributed by atoms with Crippen LogP contribution in [0.5, 0.6) is 0 Å². The summed E-state index contributed by atoms with van der Waals surface area (Å²) in [4.78, 5) is 26.7. The molecule has 0 unspecified atom stereocenters. The van der Waals surface area contributed by atoms with E-state index >= 15 is 0 Å². The van der Waals surface area contributed by atoms with Gasteiger partial charge < -0.3 is 15.2 Å². The van der Waals surface area contributed by atoms with Crippen LogP contribution in [-0.2, 0) is 4.74 Å². The molecule has 19 heavy (non-hydrogen) atoms. The van der Waals surface area contributed by atoms with Crippen molar-refractivity contribution in [1.82, 2.24) is 4.98 Å². The first-order valence-electron chi connectivity index (χ1n) is 6.02. The number of hydrogen-bond donors (Lipinski definition) is 2. The van der Waals surface area contributed by atoms with Crippen LogP contribution in [0.15, 0.2) is 0 Å². The summed E-state index contributed by atoms with van der Waals surface area (Å²) in [6.45, 7) is 4.73. The van der Waals surface area contributed by atoms with Crippen LogP contribution >= 0.6 is 11.3 Å². The van der Waals surface area contributed by atoms with E-state index < -0.39 is 5.97 Å². The number of thiazole rings is 1. The number of carboxylic acid groups (broad SMARTS) is 1. The first-order chi connectivity index (χ1) is 8.91. The normalized spacial score (nSPS) is 18.0. The van der Waals surface area contributed by atoms with Gasteiger partial charge in [0.2, 0.25) is 0 Å². The number of carbonyl (C=O) groups excluding carboxylic acids is 1. The van der Waals surface area contributed by atoms with Gasteiger partial charge in [0.1, 0.15) is 4.88 Å². The molecule has 1 aromatic heterocycles. The van der Waals surface area contributed by atoms with Crippen molar-refractivity contribution >= 4 is 28.2 Å². The van der Waals surface area contributed by atoms with Gasteiger partial charge in [-0.05, 0) is 19.8 Å². The Morgan fingerprint density at radius 1 is 1.42 bits per heavy atom. The minimum Gasteiger partial charge on any atom is -0.476 e. The number of ether oxygens (including phenoxy) is 1. The number of ketones is 1. The molecule has 7 heteroatoms. The number of aromatic nitrogens is 1. The summed E-state index contributed by atoms with van der Waals surface area (Å²) in [5.74, 6) is -1.45. The van der Waals surface area contributed by atoms with Gasteiger partial charge in [-0.2, -0.15) is 0 Å². The fourth-order valence-corrected chi connectivity index (χ4v) is 2.96. The Kier molecular flexibility index (Phi) is 3.86. The van der Waals surface area contributed by atoms with Gasteiger partial charge in [-0.1, -0.05) is 11.3 Å². The number of hydrogen-bond acceptors (Lipinski definition) is 6. The molecular formula is C12H16N2O4S. The molecule has 0 bridgehead atoms. The van der Waals surface area contributed by atoms with Crippen LogP contribution < -0.4 is 5.32 Å². The molecule has 1 aromatic rings. The molecule has 0 aliphatic carbocycles.